The first-order valence-corrected chi connectivity index (χ1v) is 7.82. The molecular formula is C16H32NO+. The normalized spacial score (nSPS) is 25.3. The summed E-state index contributed by atoms with van der Waals surface area (Å²) in [6.07, 6.45) is 12.3. The van der Waals surface area contributed by atoms with Crippen LogP contribution in [0.1, 0.15) is 64.2 Å². The molecule has 106 valence electrons. The highest BCUT2D eigenvalue weighted by atomic mass is 16.1. The van der Waals surface area contributed by atoms with E-state index in [1.807, 2.05) is 0 Å². The Labute approximate surface area is 113 Å². The zero-order chi connectivity index (χ0) is 13.4. The Kier molecular flexibility index (Phi) is 6.91. The lowest BCUT2D eigenvalue weighted by molar-refractivity contribution is -0.872. The number of ketones is 1. The van der Waals surface area contributed by atoms with E-state index in [0.717, 1.165) is 30.3 Å². The van der Waals surface area contributed by atoms with E-state index in [1.54, 1.807) is 0 Å². The van der Waals surface area contributed by atoms with Crippen molar-refractivity contribution in [1.82, 2.24) is 0 Å². The molecule has 0 saturated heterocycles. The monoisotopic (exact) mass is 254 g/mol. The predicted molar refractivity (Wildman–Crippen MR) is 77.6 cm³/mol. The largest absolute Gasteiger partial charge is 0.330 e. The average Bonchev–Trinajstić information content (AvgIpc) is 2.26. The van der Waals surface area contributed by atoms with Crippen LogP contribution in [0.4, 0.5) is 0 Å². The Morgan fingerprint density at radius 2 is 1.39 bits per heavy atom. The van der Waals surface area contributed by atoms with Gasteiger partial charge < -0.3 is 4.48 Å². The van der Waals surface area contributed by atoms with Crippen LogP contribution in [0.5, 0.6) is 0 Å². The lowest BCUT2D eigenvalue weighted by atomic mass is 9.91. The van der Waals surface area contributed by atoms with Crippen molar-refractivity contribution in [3.05, 3.63) is 0 Å². The van der Waals surface area contributed by atoms with Crippen molar-refractivity contribution >= 4 is 5.78 Å². The van der Waals surface area contributed by atoms with Crippen molar-refractivity contribution in [1.29, 1.82) is 0 Å². The molecule has 0 bridgehead atoms. The van der Waals surface area contributed by atoms with Gasteiger partial charge >= 0.3 is 0 Å². The molecule has 0 aromatic heterocycles. The molecular weight excluding hydrogens is 222 g/mol. The SMILES string of the molecule is C[N+](C)(C)C[C@@H]1CCCCCCCCCCC1=O. The van der Waals surface area contributed by atoms with Gasteiger partial charge in [-0.1, -0.05) is 44.9 Å². The molecule has 0 unspecified atom stereocenters. The van der Waals surface area contributed by atoms with Crippen molar-refractivity contribution in [3.63, 3.8) is 0 Å². The molecule has 0 spiro atoms. The molecule has 0 N–H and O–H groups in total. The van der Waals surface area contributed by atoms with Gasteiger partial charge in [-0.2, -0.15) is 0 Å². The number of carbonyl (C=O) groups is 1. The molecule has 2 nitrogen and oxygen atoms in total. The number of hydrogen-bond donors (Lipinski definition) is 0. The maximum Gasteiger partial charge on any atom is 0.141 e. The first kappa shape index (κ1) is 15.7. The third kappa shape index (κ3) is 7.15. The van der Waals surface area contributed by atoms with Crippen molar-refractivity contribution in [3.8, 4) is 0 Å². The summed E-state index contributed by atoms with van der Waals surface area (Å²) in [6, 6.07) is 0. The quantitative estimate of drug-likeness (QED) is 0.685. The molecule has 2 heteroatoms. The van der Waals surface area contributed by atoms with Crippen molar-refractivity contribution in [2.45, 2.75) is 64.2 Å². The second kappa shape index (κ2) is 7.93. The first-order chi connectivity index (χ1) is 8.49. The van der Waals surface area contributed by atoms with Gasteiger partial charge in [-0.3, -0.25) is 4.79 Å². The van der Waals surface area contributed by atoms with Crippen LogP contribution in [0.15, 0.2) is 0 Å². The van der Waals surface area contributed by atoms with E-state index in [2.05, 4.69) is 21.1 Å². The lowest BCUT2D eigenvalue weighted by Crippen LogP contribution is -2.41. The summed E-state index contributed by atoms with van der Waals surface area (Å²) >= 11 is 0. The molecule has 1 aliphatic carbocycles. The van der Waals surface area contributed by atoms with E-state index in [-0.39, 0.29) is 0 Å². The summed E-state index contributed by atoms with van der Waals surface area (Å²) in [5.74, 6) is 0.841. The molecule has 18 heavy (non-hydrogen) atoms. The minimum Gasteiger partial charge on any atom is -0.330 e. The Bertz CT molecular complexity index is 242. The van der Waals surface area contributed by atoms with Gasteiger partial charge in [0.2, 0.25) is 0 Å². The minimum atomic E-state index is 0.310. The van der Waals surface area contributed by atoms with Crippen molar-refractivity contribution in [2.24, 2.45) is 5.92 Å². The maximum atomic E-state index is 12.3. The summed E-state index contributed by atoms with van der Waals surface area (Å²) in [5.41, 5.74) is 0. The lowest BCUT2D eigenvalue weighted by Gasteiger charge is -2.29. The smallest absolute Gasteiger partial charge is 0.141 e. The number of rotatable bonds is 2. The number of carbonyl (C=O) groups excluding carboxylic acids is 1. The summed E-state index contributed by atoms with van der Waals surface area (Å²) < 4.78 is 0.913. The fourth-order valence-corrected chi connectivity index (χ4v) is 2.97. The average molecular weight is 254 g/mol. The highest BCUT2D eigenvalue weighted by Crippen LogP contribution is 2.20. The van der Waals surface area contributed by atoms with Gasteiger partial charge in [0.15, 0.2) is 0 Å². The van der Waals surface area contributed by atoms with E-state index in [1.165, 1.54) is 44.9 Å². The van der Waals surface area contributed by atoms with E-state index >= 15 is 0 Å². The van der Waals surface area contributed by atoms with Crippen LogP contribution >= 0.6 is 0 Å². The van der Waals surface area contributed by atoms with E-state index in [9.17, 15) is 4.79 Å². The molecule has 0 aromatic rings. The van der Waals surface area contributed by atoms with E-state index in [4.69, 9.17) is 0 Å². The summed E-state index contributed by atoms with van der Waals surface area (Å²) in [6.45, 7) is 1.01. The maximum absolute atomic E-state index is 12.3. The molecule has 0 aliphatic heterocycles. The van der Waals surface area contributed by atoms with Crippen molar-refractivity contribution < 1.29 is 9.28 Å². The summed E-state index contributed by atoms with van der Waals surface area (Å²) in [7, 11) is 6.59. The van der Waals surface area contributed by atoms with Gasteiger partial charge in [-0.15, -0.1) is 0 Å². The minimum absolute atomic E-state index is 0.310. The van der Waals surface area contributed by atoms with Crippen LogP contribution in [0.2, 0.25) is 0 Å². The van der Waals surface area contributed by atoms with Gasteiger partial charge in [0.05, 0.1) is 33.6 Å². The van der Waals surface area contributed by atoms with E-state index < -0.39 is 0 Å². The Morgan fingerprint density at radius 1 is 0.889 bits per heavy atom. The fourth-order valence-electron chi connectivity index (χ4n) is 2.97. The molecule has 1 saturated carbocycles. The van der Waals surface area contributed by atoms with Crippen LogP contribution < -0.4 is 0 Å². The van der Waals surface area contributed by atoms with Crippen LogP contribution in [0, 0.1) is 5.92 Å². The van der Waals surface area contributed by atoms with Crippen LogP contribution in [0.3, 0.4) is 0 Å². The zero-order valence-electron chi connectivity index (χ0n) is 12.7. The molecule has 1 rings (SSSR count). The zero-order valence-corrected chi connectivity index (χ0v) is 12.7. The molecule has 0 heterocycles. The molecule has 1 fully saturated rings. The molecule has 0 radical (unpaired) electrons. The number of nitrogens with zero attached hydrogens (tertiary/aromatic N) is 1. The van der Waals surface area contributed by atoms with Gasteiger partial charge in [-0.25, -0.2) is 0 Å². The third-order valence-electron chi connectivity index (χ3n) is 3.95. The highest BCUT2D eigenvalue weighted by Gasteiger charge is 2.24. The predicted octanol–water partition coefficient (Wildman–Crippen LogP) is 3.79. The highest BCUT2D eigenvalue weighted by molar-refractivity contribution is 5.81. The number of hydrogen-bond acceptors (Lipinski definition) is 1. The van der Waals surface area contributed by atoms with Gasteiger partial charge in [0.25, 0.3) is 0 Å². The van der Waals surface area contributed by atoms with Crippen LogP contribution in [0.25, 0.3) is 0 Å². The topological polar surface area (TPSA) is 17.1 Å². The molecule has 0 amide bonds. The Morgan fingerprint density at radius 3 is 1.94 bits per heavy atom. The molecule has 1 aliphatic rings. The second-order valence-electron chi connectivity index (χ2n) is 7.00. The summed E-state index contributed by atoms with van der Waals surface area (Å²) in [4.78, 5) is 12.3. The van der Waals surface area contributed by atoms with Crippen LogP contribution in [-0.2, 0) is 4.79 Å². The summed E-state index contributed by atoms with van der Waals surface area (Å²) in [5, 5.41) is 0. The van der Waals surface area contributed by atoms with Crippen LogP contribution in [-0.4, -0.2) is 38.0 Å². The van der Waals surface area contributed by atoms with Crippen molar-refractivity contribution in [2.75, 3.05) is 27.7 Å². The first-order valence-electron chi connectivity index (χ1n) is 7.82. The second-order valence-corrected chi connectivity index (χ2v) is 7.00. The molecule has 0 aromatic carbocycles. The van der Waals surface area contributed by atoms with Gasteiger partial charge in [0, 0.05) is 6.42 Å². The third-order valence-corrected chi connectivity index (χ3v) is 3.95. The van der Waals surface area contributed by atoms with E-state index in [0.29, 0.717) is 11.7 Å². The van der Waals surface area contributed by atoms with Gasteiger partial charge in [-0.05, 0) is 12.8 Å². The Hall–Kier alpha value is -0.370. The number of quaternary nitrogens is 1. The Balaban J connectivity index is 2.49. The number of Topliss-reactive ketones (excluding diaryl/α,β-unsaturated/α-hetero) is 1. The fraction of sp³-hybridized carbons (Fsp3) is 0.938. The molecule has 1 atom stereocenters. The standard InChI is InChI=1S/C16H32NO/c1-17(2,3)14-15-12-10-8-6-4-5-7-9-11-13-16(15)18/h15H,4-14H2,1-3H3/q+1/t15-/m0/s1. The van der Waals surface area contributed by atoms with Gasteiger partial charge in [0.1, 0.15) is 5.78 Å².